The third kappa shape index (κ3) is 7.83. The van der Waals surface area contributed by atoms with Crippen molar-refractivity contribution in [1.82, 2.24) is 44.9 Å². The first-order chi connectivity index (χ1) is 30.6. The van der Waals surface area contributed by atoms with Crippen molar-refractivity contribution in [3.8, 4) is 0 Å². The van der Waals surface area contributed by atoms with Gasteiger partial charge in [-0.05, 0) is 93.5 Å². The van der Waals surface area contributed by atoms with E-state index in [9.17, 15) is 24.0 Å². The Morgan fingerprint density at radius 3 is 2.33 bits per heavy atom. The van der Waals surface area contributed by atoms with Crippen LogP contribution < -0.4 is 25.8 Å². The third-order valence-corrected chi connectivity index (χ3v) is 13.2. The highest BCUT2D eigenvalue weighted by Crippen LogP contribution is 2.37. The van der Waals surface area contributed by atoms with E-state index >= 15 is 4.39 Å². The summed E-state index contributed by atoms with van der Waals surface area (Å²) in [5.74, 6) is -2.15. The SMILES string of the molecule is Cc1cccc(C(=O)NC2CC(n3cnc4c(Nc5ccc(N6CCN(CC7CCN(c8cc9c(cc8F)C(=O)N(C8CCC(=O)NC8=O)C9=O)CC7)CC6)cc5)ncnc43)C2)n1. The number of benzene rings is 2. The maximum absolute atomic E-state index is 15.5. The lowest BCUT2D eigenvalue weighted by Crippen LogP contribution is -2.54. The Morgan fingerprint density at radius 1 is 0.857 bits per heavy atom. The number of hydrogen-bond donors (Lipinski definition) is 3. The van der Waals surface area contributed by atoms with Gasteiger partial charge in [0.1, 0.15) is 23.9 Å². The predicted molar refractivity (Wildman–Crippen MR) is 230 cm³/mol. The molecule has 1 aliphatic carbocycles. The normalized spacial score (nSPS) is 22.0. The molecule has 5 amide bonds. The van der Waals surface area contributed by atoms with Crippen LogP contribution in [-0.4, -0.2) is 122 Å². The van der Waals surface area contributed by atoms with Crippen molar-refractivity contribution in [2.75, 3.05) is 60.9 Å². The van der Waals surface area contributed by atoms with E-state index in [4.69, 9.17) is 0 Å². The van der Waals surface area contributed by atoms with Gasteiger partial charge in [0.15, 0.2) is 17.0 Å². The van der Waals surface area contributed by atoms with Crippen molar-refractivity contribution >= 4 is 63.6 Å². The van der Waals surface area contributed by atoms with Crippen LogP contribution in [0, 0.1) is 18.7 Å². The largest absolute Gasteiger partial charge is 0.369 e. The molecular formula is C45H47FN12O5. The van der Waals surface area contributed by atoms with Crippen LogP contribution in [0.2, 0.25) is 0 Å². The molecule has 1 saturated carbocycles. The van der Waals surface area contributed by atoms with Crippen molar-refractivity contribution in [3.63, 3.8) is 0 Å². The zero-order valence-electron chi connectivity index (χ0n) is 34.8. The first-order valence-electron chi connectivity index (χ1n) is 21.6. The highest BCUT2D eigenvalue weighted by molar-refractivity contribution is 6.23. The number of nitrogens with one attached hydrogen (secondary N) is 3. The summed E-state index contributed by atoms with van der Waals surface area (Å²) in [6.07, 6.45) is 6.70. The Hall–Kier alpha value is -6.82. The summed E-state index contributed by atoms with van der Waals surface area (Å²) >= 11 is 0. The molecule has 5 aliphatic rings. The number of halogens is 1. The van der Waals surface area contributed by atoms with Gasteiger partial charge >= 0.3 is 0 Å². The number of amides is 5. The van der Waals surface area contributed by atoms with E-state index < -0.39 is 35.5 Å². The van der Waals surface area contributed by atoms with Crippen LogP contribution in [0.25, 0.3) is 11.2 Å². The predicted octanol–water partition coefficient (Wildman–Crippen LogP) is 3.99. The molecule has 7 heterocycles. The van der Waals surface area contributed by atoms with E-state index in [1.165, 1.54) is 6.07 Å². The standard InChI is InChI=1S/C45H47FN12O5/c1-26-3-2-4-35(50-26)42(60)52-29-19-31(20-29)57-25-49-39-40(47-24-48-41(39)57)51-28-5-7-30(8-6-28)55-17-15-54(16-18-55)23-27-11-13-56(14-12-27)37-22-33-32(21-34(37)46)44(62)58(45(33)63)36-9-10-38(59)53-43(36)61/h2-8,21-22,24-25,27,29,31,36H,9-20,23H2,1H3,(H,52,60)(H,47,48,51)(H,53,59,61). The molecule has 5 aromatic rings. The molecule has 1 atom stereocenters. The molecule has 2 aromatic carbocycles. The fourth-order valence-corrected chi connectivity index (χ4v) is 9.60. The molecular weight excluding hydrogens is 808 g/mol. The minimum absolute atomic E-state index is 0.0214. The molecule has 3 N–H and O–H groups in total. The number of anilines is 4. The maximum atomic E-state index is 15.5. The summed E-state index contributed by atoms with van der Waals surface area (Å²) in [6, 6.07) is 15.5. The number of piperazine rings is 1. The van der Waals surface area contributed by atoms with Gasteiger partial charge in [-0.15, -0.1) is 0 Å². The quantitative estimate of drug-likeness (QED) is 0.171. The van der Waals surface area contributed by atoms with Crippen molar-refractivity contribution in [1.29, 1.82) is 0 Å². The number of piperidine rings is 2. The molecule has 4 fully saturated rings. The van der Waals surface area contributed by atoms with Gasteiger partial charge in [0.2, 0.25) is 11.8 Å². The second kappa shape index (κ2) is 16.5. The van der Waals surface area contributed by atoms with Gasteiger partial charge in [0.05, 0.1) is 23.1 Å². The van der Waals surface area contributed by atoms with Crippen LogP contribution in [0.4, 0.5) is 27.3 Å². The molecule has 324 valence electrons. The number of aryl methyl sites for hydroxylation is 1. The Bertz CT molecular complexity index is 2630. The van der Waals surface area contributed by atoms with Crippen LogP contribution >= 0.6 is 0 Å². The van der Waals surface area contributed by atoms with Crippen LogP contribution in [0.1, 0.15) is 81.5 Å². The summed E-state index contributed by atoms with van der Waals surface area (Å²) < 4.78 is 17.6. The molecule has 10 rings (SSSR count). The molecule has 3 aromatic heterocycles. The van der Waals surface area contributed by atoms with E-state index in [1.54, 1.807) is 18.7 Å². The summed E-state index contributed by atoms with van der Waals surface area (Å²) in [5, 5.41) is 8.71. The first-order valence-corrected chi connectivity index (χ1v) is 21.6. The second-order valence-electron chi connectivity index (χ2n) is 17.2. The van der Waals surface area contributed by atoms with E-state index in [1.807, 2.05) is 24.0 Å². The Balaban J connectivity index is 0.687. The molecule has 0 radical (unpaired) electrons. The third-order valence-electron chi connectivity index (χ3n) is 13.2. The zero-order valence-corrected chi connectivity index (χ0v) is 34.8. The monoisotopic (exact) mass is 854 g/mol. The average Bonchev–Trinajstić information content (AvgIpc) is 3.80. The number of imide groups is 2. The lowest BCUT2D eigenvalue weighted by atomic mass is 9.86. The van der Waals surface area contributed by atoms with Gasteiger partial charge in [-0.1, -0.05) is 6.07 Å². The topological polar surface area (TPSA) is 191 Å². The number of aromatic nitrogens is 5. The molecule has 0 spiro atoms. The molecule has 3 saturated heterocycles. The fourth-order valence-electron chi connectivity index (χ4n) is 9.60. The zero-order chi connectivity index (χ0) is 43.4. The van der Waals surface area contributed by atoms with Gasteiger partial charge in [-0.2, -0.15) is 0 Å². The van der Waals surface area contributed by atoms with Crippen molar-refractivity contribution in [2.45, 2.75) is 63.6 Å². The Labute approximate surface area is 362 Å². The minimum Gasteiger partial charge on any atom is -0.369 e. The smallest absolute Gasteiger partial charge is 0.270 e. The summed E-state index contributed by atoms with van der Waals surface area (Å²) in [7, 11) is 0. The van der Waals surface area contributed by atoms with Crippen LogP contribution in [0.15, 0.2) is 67.3 Å². The van der Waals surface area contributed by atoms with E-state index in [0.717, 1.165) is 92.1 Å². The summed E-state index contributed by atoms with van der Waals surface area (Å²) in [5.41, 5.74) is 5.02. The lowest BCUT2D eigenvalue weighted by molar-refractivity contribution is -0.136. The van der Waals surface area contributed by atoms with Gasteiger partial charge in [0.25, 0.3) is 17.7 Å². The molecule has 17 nitrogen and oxygen atoms in total. The minimum atomic E-state index is -1.09. The Kier molecular flexibility index (Phi) is 10.5. The number of fused-ring (bicyclic) bond motifs is 2. The van der Waals surface area contributed by atoms with Crippen molar-refractivity contribution < 1.29 is 28.4 Å². The number of hydrogen-bond acceptors (Lipinski definition) is 13. The fraction of sp³-hybridized carbons (Fsp3) is 0.400. The first kappa shape index (κ1) is 40.3. The van der Waals surface area contributed by atoms with Gasteiger partial charge < -0.3 is 25.0 Å². The van der Waals surface area contributed by atoms with Crippen LogP contribution in [-0.2, 0) is 9.59 Å². The number of carbonyl (C=O) groups excluding carboxylic acids is 5. The van der Waals surface area contributed by atoms with Gasteiger partial charge in [0, 0.05) is 81.4 Å². The van der Waals surface area contributed by atoms with E-state index in [-0.39, 0.29) is 47.6 Å². The van der Waals surface area contributed by atoms with Crippen molar-refractivity contribution in [3.05, 3.63) is 95.6 Å². The number of carbonyl (C=O) groups is 5. The molecule has 1 unspecified atom stereocenters. The number of rotatable bonds is 10. The van der Waals surface area contributed by atoms with E-state index in [0.29, 0.717) is 36.0 Å². The van der Waals surface area contributed by atoms with Gasteiger partial charge in [-0.3, -0.25) is 39.1 Å². The average molecular weight is 855 g/mol. The molecule has 0 bridgehead atoms. The van der Waals surface area contributed by atoms with Crippen LogP contribution in [0.5, 0.6) is 0 Å². The summed E-state index contributed by atoms with van der Waals surface area (Å²) in [4.78, 5) is 89.0. The van der Waals surface area contributed by atoms with Gasteiger partial charge in [-0.25, -0.2) is 24.3 Å². The molecule has 63 heavy (non-hydrogen) atoms. The number of nitrogens with zero attached hydrogens (tertiary/aromatic N) is 9. The highest BCUT2D eigenvalue weighted by Gasteiger charge is 2.45. The highest BCUT2D eigenvalue weighted by atomic mass is 19.1. The summed E-state index contributed by atoms with van der Waals surface area (Å²) in [6.45, 7) is 7.72. The number of imidazole rings is 1. The van der Waals surface area contributed by atoms with E-state index in [2.05, 4.69) is 74.5 Å². The molecule has 4 aliphatic heterocycles. The lowest BCUT2D eigenvalue weighted by Gasteiger charge is -2.40. The Morgan fingerprint density at radius 2 is 1.60 bits per heavy atom. The van der Waals surface area contributed by atoms with Crippen LogP contribution in [0.3, 0.4) is 0 Å². The molecule has 18 heteroatoms. The van der Waals surface area contributed by atoms with Crippen molar-refractivity contribution in [2.24, 2.45) is 5.92 Å². The second-order valence-corrected chi connectivity index (χ2v) is 17.2. The number of pyridine rings is 1. The maximum Gasteiger partial charge on any atom is 0.270 e.